The van der Waals surface area contributed by atoms with Crippen molar-refractivity contribution in [2.24, 2.45) is 23.7 Å². The van der Waals surface area contributed by atoms with Crippen molar-refractivity contribution in [1.82, 2.24) is 0 Å². The van der Waals surface area contributed by atoms with Gasteiger partial charge >= 0.3 is 39.5 Å². The summed E-state index contributed by atoms with van der Waals surface area (Å²) in [5.74, 6) is 0.912. The number of phosphoric ester groups is 2. The molecule has 19 heteroatoms. The Morgan fingerprint density at radius 2 is 0.539 bits per heavy atom. The van der Waals surface area contributed by atoms with Crippen LogP contribution in [0.3, 0.4) is 0 Å². The average Bonchev–Trinajstić information content (AvgIpc) is 3.58. The van der Waals surface area contributed by atoms with Crippen LogP contribution in [-0.4, -0.2) is 96.7 Å². The first kappa shape index (κ1) is 87.1. The van der Waals surface area contributed by atoms with E-state index in [2.05, 4.69) is 55.4 Å². The van der Waals surface area contributed by atoms with E-state index in [9.17, 15) is 43.2 Å². The molecule has 0 rings (SSSR count). The van der Waals surface area contributed by atoms with Crippen molar-refractivity contribution < 1.29 is 80.2 Å². The fourth-order valence-electron chi connectivity index (χ4n) is 10.4. The molecule has 0 aromatic rings. The molecule has 528 valence electrons. The first-order chi connectivity index (χ1) is 42.7. The third-order valence-corrected chi connectivity index (χ3v) is 18.7. The molecule has 0 fully saturated rings. The van der Waals surface area contributed by atoms with Gasteiger partial charge in [-0.1, -0.05) is 293 Å². The summed E-state index contributed by atoms with van der Waals surface area (Å²) in [7, 11) is -9.90. The fourth-order valence-corrected chi connectivity index (χ4v) is 12.0. The van der Waals surface area contributed by atoms with Crippen LogP contribution in [0.1, 0.15) is 344 Å². The SMILES string of the molecule is CCC(C)CCCCCCCCCCCCC(=O)O[C@H](COC(=O)CCCCCCCCCCCC(C)C)COP(=O)(O)OCC(O)COP(=O)(O)OC[C@@H](COC(=O)CCCCCCCCCCC(C)C)OC(=O)CCCCCCCCCCC(C)CC. The highest BCUT2D eigenvalue weighted by Gasteiger charge is 2.30. The number of aliphatic hydroxyl groups excluding tert-OH is 1. The van der Waals surface area contributed by atoms with E-state index in [4.69, 9.17) is 37.0 Å². The second kappa shape index (κ2) is 59.8. The normalized spacial score (nSPS) is 14.9. The van der Waals surface area contributed by atoms with E-state index in [1.807, 2.05) is 0 Å². The highest BCUT2D eigenvalue weighted by molar-refractivity contribution is 7.47. The van der Waals surface area contributed by atoms with E-state index < -0.39 is 97.5 Å². The topological polar surface area (TPSA) is 237 Å². The minimum Gasteiger partial charge on any atom is -0.462 e. The Bertz CT molecular complexity index is 1770. The Hall–Kier alpha value is -1.94. The highest BCUT2D eigenvalue weighted by atomic mass is 31.2. The van der Waals surface area contributed by atoms with Crippen LogP contribution in [0.5, 0.6) is 0 Å². The molecule has 0 aliphatic rings. The van der Waals surface area contributed by atoms with Gasteiger partial charge in [-0.25, -0.2) is 9.13 Å². The smallest absolute Gasteiger partial charge is 0.462 e. The van der Waals surface area contributed by atoms with Gasteiger partial charge in [0, 0.05) is 25.7 Å². The van der Waals surface area contributed by atoms with Crippen molar-refractivity contribution in [3.05, 3.63) is 0 Å². The molecule has 0 aromatic carbocycles. The summed E-state index contributed by atoms with van der Waals surface area (Å²) < 4.78 is 68.3. The molecule has 0 amide bonds. The molecule has 0 aliphatic heterocycles. The van der Waals surface area contributed by atoms with Gasteiger partial charge in [0.25, 0.3) is 0 Å². The van der Waals surface area contributed by atoms with Crippen molar-refractivity contribution in [3.63, 3.8) is 0 Å². The summed E-state index contributed by atoms with van der Waals surface area (Å²) in [6.07, 6.45) is 41.6. The summed E-state index contributed by atoms with van der Waals surface area (Å²) in [6.45, 7) is 14.1. The van der Waals surface area contributed by atoms with Crippen LogP contribution in [0.25, 0.3) is 0 Å². The minimum absolute atomic E-state index is 0.104. The van der Waals surface area contributed by atoms with E-state index in [1.54, 1.807) is 0 Å². The number of hydrogen-bond donors (Lipinski definition) is 3. The molecule has 0 aliphatic carbocycles. The maximum Gasteiger partial charge on any atom is 0.472 e. The van der Waals surface area contributed by atoms with E-state index in [-0.39, 0.29) is 25.7 Å². The summed E-state index contributed by atoms with van der Waals surface area (Å²) in [5, 5.41) is 10.6. The number of hydrogen-bond acceptors (Lipinski definition) is 15. The molecule has 17 nitrogen and oxygen atoms in total. The predicted octanol–water partition coefficient (Wildman–Crippen LogP) is 19.7. The Morgan fingerprint density at radius 1 is 0.315 bits per heavy atom. The maximum atomic E-state index is 13.0. The molecule has 0 bridgehead atoms. The van der Waals surface area contributed by atoms with Gasteiger partial charge in [0.15, 0.2) is 12.2 Å². The van der Waals surface area contributed by atoms with Gasteiger partial charge in [-0.2, -0.15) is 0 Å². The van der Waals surface area contributed by atoms with Crippen molar-refractivity contribution in [2.45, 2.75) is 363 Å². The lowest BCUT2D eigenvalue weighted by Gasteiger charge is -2.21. The second-order valence-electron chi connectivity index (χ2n) is 26.7. The van der Waals surface area contributed by atoms with Gasteiger partial charge in [0.1, 0.15) is 19.3 Å². The first-order valence-corrected chi connectivity index (χ1v) is 39.3. The molecular formula is C70H136O17P2. The number of esters is 4. The molecule has 0 saturated heterocycles. The van der Waals surface area contributed by atoms with Gasteiger partial charge in [-0.05, 0) is 49.4 Å². The zero-order valence-electron chi connectivity index (χ0n) is 58.1. The molecule has 89 heavy (non-hydrogen) atoms. The average molecular weight is 1310 g/mol. The Balaban J connectivity index is 5.28. The van der Waals surface area contributed by atoms with Crippen LogP contribution in [0.2, 0.25) is 0 Å². The monoisotopic (exact) mass is 1310 g/mol. The van der Waals surface area contributed by atoms with Gasteiger partial charge in [-0.3, -0.25) is 37.3 Å². The second-order valence-corrected chi connectivity index (χ2v) is 29.6. The van der Waals surface area contributed by atoms with Crippen LogP contribution in [0.4, 0.5) is 0 Å². The quantitative estimate of drug-likeness (QED) is 0.0222. The molecule has 0 radical (unpaired) electrons. The Kier molecular flexibility index (Phi) is 58.5. The zero-order chi connectivity index (χ0) is 66.1. The molecular weight excluding hydrogens is 1170 g/mol. The number of unbranched alkanes of at least 4 members (excludes halogenated alkanes) is 31. The standard InChI is InChI=1S/C70H136O17P2/c1-9-62(7)48-40-32-24-15-11-12-16-28-36-44-52-69(74)86-65(56-80-67(72)50-42-34-26-17-13-14-22-30-38-46-60(3)4)58-84-88(76,77)82-54-64(71)55-83-89(78,79)85-59-66(57-81-68(73)51-43-35-27-20-18-23-31-39-47-61(5)6)87-70(75)53-45-37-29-21-19-25-33-41-49-63(8)10-2/h60-66,71H,9-59H2,1-8H3,(H,76,77)(H,78,79)/t62?,63?,64?,65-,66-/m1/s1. The highest BCUT2D eigenvalue weighted by Crippen LogP contribution is 2.45. The summed E-state index contributed by atoms with van der Waals surface area (Å²) in [4.78, 5) is 72.6. The third-order valence-electron chi connectivity index (χ3n) is 16.8. The Labute approximate surface area is 543 Å². The van der Waals surface area contributed by atoms with Crippen LogP contribution in [0.15, 0.2) is 0 Å². The lowest BCUT2D eigenvalue weighted by atomic mass is 9.99. The van der Waals surface area contributed by atoms with Gasteiger partial charge in [-0.15, -0.1) is 0 Å². The van der Waals surface area contributed by atoms with Crippen LogP contribution >= 0.6 is 15.6 Å². The number of carbonyl (C=O) groups is 4. The van der Waals surface area contributed by atoms with Crippen molar-refractivity contribution in [3.8, 4) is 0 Å². The van der Waals surface area contributed by atoms with Gasteiger partial charge in [0.05, 0.1) is 26.4 Å². The molecule has 3 N–H and O–H groups in total. The molecule has 5 unspecified atom stereocenters. The molecule has 0 aromatic heterocycles. The van der Waals surface area contributed by atoms with Crippen molar-refractivity contribution in [1.29, 1.82) is 0 Å². The first-order valence-electron chi connectivity index (χ1n) is 36.3. The van der Waals surface area contributed by atoms with E-state index in [0.29, 0.717) is 25.7 Å². The molecule has 0 saturated carbocycles. The van der Waals surface area contributed by atoms with Gasteiger partial charge < -0.3 is 33.8 Å². The zero-order valence-corrected chi connectivity index (χ0v) is 59.8. The number of aliphatic hydroxyl groups is 1. The number of phosphoric acid groups is 2. The number of carbonyl (C=O) groups excluding carboxylic acids is 4. The summed E-state index contributed by atoms with van der Waals surface area (Å²) >= 11 is 0. The van der Waals surface area contributed by atoms with E-state index in [1.165, 1.54) is 148 Å². The van der Waals surface area contributed by atoms with E-state index >= 15 is 0 Å². The van der Waals surface area contributed by atoms with Crippen LogP contribution in [0, 0.1) is 23.7 Å². The largest absolute Gasteiger partial charge is 0.472 e. The lowest BCUT2D eigenvalue weighted by molar-refractivity contribution is -0.161. The summed E-state index contributed by atoms with van der Waals surface area (Å²) in [5.41, 5.74) is 0. The van der Waals surface area contributed by atoms with Crippen LogP contribution < -0.4 is 0 Å². The van der Waals surface area contributed by atoms with Gasteiger partial charge in [0.2, 0.25) is 0 Å². The lowest BCUT2D eigenvalue weighted by Crippen LogP contribution is -2.30. The third kappa shape index (κ3) is 62.0. The van der Waals surface area contributed by atoms with Crippen molar-refractivity contribution >= 4 is 39.5 Å². The fraction of sp³-hybridized carbons (Fsp3) is 0.943. The predicted molar refractivity (Wildman–Crippen MR) is 358 cm³/mol. The molecule has 0 spiro atoms. The van der Waals surface area contributed by atoms with E-state index in [0.717, 1.165) is 114 Å². The summed E-state index contributed by atoms with van der Waals surface area (Å²) in [6, 6.07) is 0. The van der Waals surface area contributed by atoms with Crippen molar-refractivity contribution in [2.75, 3.05) is 39.6 Å². The maximum absolute atomic E-state index is 13.0. The Morgan fingerprint density at radius 3 is 0.798 bits per heavy atom. The number of rotatable bonds is 67. The van der Waals surface area contributed by atoms with Crippen LogP contribution in [-0.2, 0) is 65.4 Å². The molecule has 0 heterocycles. The number of ether oxygens (including phenoxy) is 4. The minimum atomic E-state index is -4.95. The molecule has 7 atom stereocenters.